The first kappa shape index (κ1) is 11.9. The Morgan fingerprint density at radius 1 is 1.50 bits per heavy atom. The standard InChI is InChI=1S/C10H20N2OS/c1-9(12-5-2-3-6-12)8-11-10(13)4-7-14/h9,14H,2-8H2,1H3,(H,11,13). The molecular formula is C10H20N2OS. The molecule has 0 bridgehead atoms. The largest absolute Gasteiger partial charge is 0.355 e. The van der Waals surface area contributed by atoms with Gasteiger partial charge in [-0.25, -0.2) is 0 Å². The summed E-state index contributed by atoms with van der Waals surface area (Å²) in [6, 6.07) is 0.473. The Kier molecular flexibility index (Phi) is 5.33. The Labute approximate surface area is 91.6 Å². The highest BCUT2D eigenvalue weighted by atomic mass is 32.1. The van der Waals surface area contributed by atoms with Crippen molar-refractivity contribution in [2.45, 2.75) is 32.2 Å². The van der Waals surface area contributed by atoms with E-state index in [2.05, 4.69) is 29.8 Å². The number of amides is 1. The zero-order valence-electron chi connectivity index (χ0n) is 8.83. The van der Waals surface area contributed by atoms with Crippen LogP contribution < -0.4 is 5.32 Å². The van der Waals surface area contributed by atoms with E-state index in [9.17, 15) is 4.79 Å². The number of rotatable bonds is 5. The van der Waals surface area contributed by atoms with Gasteiger partial charge in [-0.2, -0.15) is 12.6 Å². The van der Waals surface area contributed by atoms with Gasteiger partial charge in [-0.15, -0.1) is 0 Å². The number of thiol groups is 1. The van der Waals surface area contributed by atoms with Gasteiger partial charge in [0.15, 0.2) is 0 Å². The molecule has 1 saturated heterocycles. The van der Waals surface area contributed by atoms with Crippen molar-refractivity contribution in [1.82, 2.24) is 10.2 Å². The SMILES string of the molecule is CC(CNC(=O)CCS)N1CCCC1. The molecule has 1 heterocycles. The fourth-order valence-electron chi connectivity index (χ4n) is 1.76. The molecule has 1 unspecified atom stereocenters. The molecule has 0 aromatic rings. The topological polar surface area (TPSA) is 32.3 Å². The Morgan fingerprint density at radius 3 is 2.71 bits per heavy atom. The van der Waals surface area contributed by atoms with Gasteiger partial charge in [0.1, 0.15) is 0 Å². The summed E-state index contributed by atoms with van der Waals surface area (Å²) in [5.41, 5.74) is 0. The van der Waals surface area contributed by atoms with E-state index in [4.69, 9.17) is 0 Å². The number of hydrogen-bond donors (Lipinski definition) is 2. The molecule has 1 fully saturated rings. The van der Waals surface area contributed by atoms with Gasteiger partial charge in [-0.1, -0.05) is 0 Å². The van der Waals surface area contributed by atoms with Gasteiger partial charge >= 0.3 is 0 Å². The zero-order chi connectivity index (χ0) is 10.4. The van der Waals surface area contributed by atoms with E-state index in [0.29, 0.717) is 18.2 Å². The molecule has 14 heavy (non-hydrogen) atoms. The molecule has 0 aromatic carbocycles. The quantitative estimate of drug-likeness (QED) is 0.670. The smallest absolute Gasteiger partial charge is 0.220 e. The lowest BCUT2D eigenvalue weighted by atomic mass is 10.3. The molecule has 0 radical (unpaired) electrons. The molecule has 1 aliphatic heterocycles. The van der Waals surface area contributed by atoms with Crippen molar-refractivity contribution in [2.75, 3.05) is 25.4 Å². The summed E-state index contributed by atoms with van der Waals surface area (Å²) in [7, 11) is 0. The average molecular weight is 216 g/mol. The van der Waals surface area contributed by atoms with Crippen LogP contribution in [0.4, 0.5) is 0 Å². The summed E-state index contributed by atoms with van der Waals surface area (Å²) < 4.78 is 0. The van der Waals surface area contributed by atoms with Crippen molar-refractivity contribution in [1.29, 1.82) is 0 Å². The second-order valence-corrected chi connectivity index (χ2v) is 4.32. The van der Waals surface area contributed by atoms with Gasteiger partial charge in [0.25, 0.3) is 0 Å². The van der Waals surface area contributed by atoms with Gasteiger partial charge in [0.2, 0.25) is 5.91 Å². The van der Waals surface area contributed by atoms with E-state index in [1.54, 1.807) is 0 Å². The summed E-state index contributed by atoms with van der Waals surface area (Å²) in [5, 5.41) is 2.93. The molecule has 4 heteroatoms. The van der Waals surface area contributed by atoms with Crippen LogP contribution in [-0.4, -0.2) is 42.2 Å². The van der Waals surface area contributed by atoms with Crippen LogP contribution >= 0.6 is 12.6 Å². The third-order valence-corrected chi connectivity index (χ3v) is 2.92. The molecule has 1 aliphatic rings. The van der Waals surface area contributed by atoms with E-state index in [1.807, 2.05) is 0 Å². The van der Waals surface area contributed by atoms with E-state index >= 15 is 0 Å². The maximum absolute atomic E-state index is 11.2. The second kappa shape index (κ2) is 6.30. The third-order valence-electron chi connectivity index (χ3n) is 2.70. The number of carbonyl (C=O) groups is 1. The Bertz CT molecular complexity index is 181. The van der Waals surface area contributed by atoms with Crippen LogP contribution in [0.2, 0.25) is 0 Å². The zero-order valence-corrected chi connectivity index (χ0v) is 9.72. The van der Waals surface area contributed by atoms with E-state index < -0.39 is 0 Å². The molecule has 1 rings (SSSR count). The van der Waals surface area contributed by atoms with Gasteiger partial charge in [0, 0.05) is 19.0 Å². The molecule has 1 N–H and O–H groups in total. The highest BCUT2D eigenvalue weighted by molar-refractivity contribution is 7.80. The molecule has 1 atom stereocenters. The van der Waals surface area contributed by atoms with Gasteiger partial charge in [-0.05, 0) is 38.6 Å². The van der Waals surface area contributed by atoms with Crippen LogP contribution in [0, 0.1) is 0 Å². The first-order valence-corrected chi connectivity index (χ1v) is 5.99. The van der Waals surface area contributed by atoms with Crippen LogP contribution in [0.25, 0.3) is 0 Å². The number of nitrogens with one attached hydrogen (secondary N) is 1. The van der Waals surface area contributed by atoms with Crippen LogP contribution in [-0.2, 0) is 4.79 Å². The lowest BCUT2D eigenvalue weighted by Crippen LogP contribution is -2.40. The van der Waals surface area contributed by atoms with Crippen molar-refractivity contribution < 1.29 is 4.79 Å². The second-order valence-electron chi connectivity index (χ2n) is 3.87. The lowest BCUT2D eigenvalue weighted by molar-refractivity contribution is -0.120. The summed E-state index contributed by atoms with van der Waals surface area (Å²) >= 11 is 4.02. The highest BCUT2D eigenvalue weighted by Gasteiger charge is 2.17. The van der Waals surface area contributed by atoms with Crippen LogP contribution in [0.3, 0.4) is 0 Å². The monoisotopic (exact) mass is 216 g/mol. The van der Waals surface area contributed by atoms with Gasteiger partial charge in [0.05, 0.1) is 0 Å². The van der Waals surface area contributed by atoms with E-state index in [-0.39, 0.29) is 5.91 Å². The molecule has 0 aromatic heterocycles. The van der Waals surface area contributed by atoms with Crippen LogP contribution in [0.1, 0.15) is 26.2 Å². The van der Waals surface area contributed by atoms with E-state index in [0.717, 1.165) is 6.54 Å². The molecule has 1 amide bonds. The number of carbonyl (C=O) groups excluding carboxylic acids is 1. The predicted octanol–water partition coefficient (Wildman–Crippen LogP) is 0.907. The average Bonchev–Trinajstić information content (AvgIpc) is 2.67. The summed E-state index contributed by atoms with van der Waals surface area (Å²) in [6.45, 7) is 5.31. The van der Waals surface area contributed by atoms with Crippen LogP contribution in [0.15, 0.2) is 0 Å². The highest BCUT2D eigenvalue weighted by Crippen LogP contribution is 2.10. The first-order valence-electron chi connectivity index (χ1n) is 5.35. The lowest BCUT2D eigenvalue weighted by Gasteiger charge is -2.23. The summed E-state index contributed by atoms with van der Waals surface area (Å²) in [5.74, 6) is 0.746. The summed E-state index contributed by atoms with van der Waals surface area (Å²) in [6.07, 6.45) is 3.12. The number of likely N-dealkylation sites (tertiary alicyclic amines) is 1. The van der Waals surface area contributed by atoms with Crippen molar-refractivity contribution in [3.8, 4) is 0 Å². The molecule has 82 valence electrons. The van der Waals surface area contributed by atoms with Crippen molar-refractivity contribution in [2.24, 2.45) is 0 Å². The molecular weight excluding hydrogens is 196 g/mol. The Morgan fingerprint density at radius 2 is 2.14 bits per heavy atom. The van der Waals surface area contributed by atoms with Crippen LogP contribution in [0.5, 0.6) is 0 Å². The first-order chi connectivity index (χ1) is 6.74. The number of nitrogens with zero attached hydrogens (tertiary/aromatic N) is 1. The molecule has 0 aliphatic carbocycles. The summed E-state index contributed by atoms with van der Waals surface area (Å²) in [4.78, 5) is 13.6. The minimum Gasteiger partial charge on any atom is -0.355 e. The minimum atomic E-state index is 0.117. The predicted molar refractivity (Wildman–Crippen MR) is 61.7 cm³/mol. The van der Waals surface area contributed by atoms with Crippen molar-refractivity contribution in [3.63, 3.8) is 0 Å². The maximum atomic E-state index is 11.2. The van der Waals surface area contributed by atoms with E-state index in [1.165, 1.54) is 25.9 Å². The fraction of sp³-hybridized carbons (Fsp3) is 0.900. The van der Waals surface area contributed by atoms with Gasteiger partial charge in [-0.3, -0.25) is 9.69 Å². The number of hydrogen-bond acceptors (Lipinski definition) is 3. The molecule has 0 spiro atoms. The molecule has 0 saturated carbocycles. The Balaban J connectivity index is 2.13. The minimum absolute atomic E-state index is 0.117. The van der Waals surface area contributed by atoms with Crippen molar-refractivity contribution >= 4 is 18.5 Å². The normalized spacial score (nSPS) is 19.6. The van der Waals surface area contributed by atoms with Gasteiger partial charge < -0.3 is 5.32 Å². The third kappa shape index (κ3) is 3.88. The van der Waals surface area contributed by atoms with Crippen molar-refractivity contribution in [3.05, 3.63) is 0 Å². The maximum Gasteiger partial charge on any atom is 0.220 e. The Hall–Kier alpha value is -0.220. The fourth-order valence-corrected chi connectivity index (χ4v) is 1.97. The molecule has 3 nitrogen and oxygen atoms in total.